The number of carbonyl (C=O) groups is 1. The molecule has 4 rings (SSSR count). The molecule has 2 aliphatic heterocycles. The van der Waals surface area contributed by atoms with Crippen molar-refractivity contribution in [2.24, 2.45) is 5.41 Å². The maximum absolute atomic E-state index is 12.6. The third kappa shape index (κ3) is 3.68. The molecular formula is C21H28N2O2. The zero-order valence-corrected chi connectivity index (χ0v) is 14.9. The molecule has 134 valence electrons. The van der Waals surface area contributed by atoms with Crippen LogP contribution in [0.25, 0.3) is 0 Å². The van der Waals surface area contributed by atoms with Crippen molar-refractivity contribution in [1.82, 2.24) is 10.2 Å². The van der Waals surface area contributed by atoms with Crippen LogP contribution < -0.4 is 10.1 Å². The van der Waals surface area contributed by atoms with E-state index in [1.165, 1.54) is 24.0 Å². The highest BCUT2D eigenvalue weighted by atomic mass is 16.5. The highest BCUT2D eigenvalue weighted by molar-refractivity contribution is 5.74. The van der Waals surface area contributed by atoms with Crippen molar-refractivity contribution in [3.05, 3.63) is 41.5 Å². The summed E-state index contributed by atoms with van der Waals surface area (Å²) in [5, 5.41) is 3.13. The van der Waals surface area contributed by atoms with E-state index >= 15 is 0 Å². The summed E-state index contributed by atoms with van der Waals surface area (Å²) in [6.07, 6.45) is 12.4. The van der Waals surface area contributed by atoms with Gasteiger partial charge in [0.25, 0.3) is 0 Å². The predicted molar refractivity (Wildman–Crippen MR) is 99.0 cm³/mol. The molecule has 2 heterocycles. The lowest BCUT2D eigenvalue weighted by molar-refractivity contribution is 0.0961. The van der Waals surface area contributed by atoms with Gasteiger partial charge in [0.15, 0.2) is 0 Å². The fraction of sp³-hybridized carbons (Fsp3) is 0.571. The topological polar surface area (TPSA) is 41.6 Å². The van der Waals surface area contributed by atoms with Crippen molar-refractivity contribution in [3.63, 3.8) is 0 Å². The minimum absolute atomic E-state index is 0.109. The van der Waals surface area contributed by atoms with Crippen molar-refractivity contribution >= 4 is 6.03 Å². The summed E-state index contributed by atoms with van der Waals surface area (Å²) in [4.78, 5) is 14.6. The Morgan fingerprint density at radius 1 is 1.28 bits per heavy atom. The van der Waals surface area contributed by atoms with Crippen LogP contribution in [-0.4, -0.2) is 37.2 Å². The Labute approximate surface area is 150 Å². The first kappa shape index (κ1) is 16.5. The Balaban J connectivity index is 1.28. The van der Waals surface area contributed by atoms with Gasteiger partial charge in [0.05, 0.1) is 6.61 Å². The molecule has 1 saturated heterocycles. The van der Waals surface area contributed by atoms with Crippen molar-refractivity contribution in [1.29, 1.82) is 0 Å². The summed E-state index contributed by atoms with van der Waals surface area (Å²) in [5.41, 5.74) is 2.91. The number of urea groups is 1. The van der Waals surface area contributed by atoms with Gasteiger partial charge in [-0.15, -0.1) is 0 Å². The van der Waals surface area contributed by atoms with Gasteiger partial charge in [0, 0.05) is 26.1 Å². The second-order valence-corrected chi connectivity index (χ2v) is 7.76. The Bertz CT molecular complexity index is 670. The van der Waals surface area contributed by atoms with E-state index in [9.17, 15) is 4.79 Å². The number of rotatable bonds is 3. The number of likely N-dealkylation sites (tertiary alicyclic amines) is 1. The molecule has 0 saturated carbocycles. The number of fused-ring (bicyclic) bond motifs is 1. The highest BCUT2D eigenvalue weighted by Gasteiger charge is 2.36. The lowest BCUT2D eigenvalue weighted by Gasteiger charge is -2.43. The molecule has 25 heavy (non-hydrogen) atoms. The third-order valence-corrected chi connectivity index (χ3v) is 5.95. The standard InChI is InChI=1S/C21H28N2O2/c24-20(23-13-4-11-21(16-23)9-2-1-3-10-21)22-12-7-17-5-6-19-18(15-17)8-14-25-19/h1-2,5-6,15H,3-4,7-14,16H2,(H,22,24). The molecule has 1 N–H and O–H groups in total. The van der Waals surface area contributed by atoms with E-state index < -0.39 is 0 Å². The first-order valence-corrected chi connectivity index (χ1v) is 9.67. The first-order chi connectivity index (χ1) is 12.2. The van der Waals surface area contributed by atoms with Crippen molar-refractivity contribution in [3.8, 4) is 5.75 Å². The smallest absolute Gasteiger partial charge is 0.317 e. The van der Waals surface area contributed by atoms with Gasteiger partial charge in [0.2, 0.25) is 0 Å². The molecule has 2 amide bonds. The molecule has 4 nitrogen and oxygen atoms in total. The molecule has 0 bridgehead atoms. The van der Waals surface area contributed by atoms with Crippen LogP contribution in [0.1, 0.15) is 43.2 Å². The normalized spacial score (nSPS) is 24.9. The summed E-state index contributed by atoms with van der Waals surface area (Å²) in [6.45, 7) is 3.30. The number of benzene rings is 1. The van der Waals surface area contributed by atoms with Gasteiger partial charge in [-0.3, -0.25) is 0 Å². The Kier molecular flexibility index (Phi) is 4.69. The predicted octanol–water partition coefficient (Wildman–Crippen LogP) is 3.70. The minimum Gasteiger partial charge on any atom is -0.493 e. The number of hydrogen-bond acceptors (Lipinski definition) is 2. The van der Waals surface area contributed by atoms with E-state index in [2.05, 4.69) is 35.7 Å². The largest absolute Gasteiger partial charge is 0.493 e. The Morgan fingerprint density at radius 2 is 2.24 bits per heavy atom. The quantitative estimate of drug-likeness (QED) is 0.853. The summed E-state index contributed by atoms with van der Waals surface area (Å²) in [6, 6.07) is 6.50. The average Bonchev–Trinajstić information content (AvgIpc) is 3.10. The van der Waals surface area contributed by atoms with Crippen molar-refractivity contribution in [2.45, 2.75) is 44.9 Å². The number of hydrogen-bond donors (Lipinski definition) is 1. The van der Waals surface area contributed by atoms with E-state index in [1.54, 1.807) is 0 Å². The summed E-state index contributed by atoms with van der Waals surface area (Å²) >= 11 is 0. The van der Waals surface area contributed by atoms with E-state index in [0.29, 0.717) is 12.0 Å². The van der Waals surface area contributed by atoms with Crippen LogP contribution in [0.3, 0.4) is 0 Å². The van der Waals surface area contributed by atoms with Gasteiger partial charge < -0.3 is 15.0 Å². The summed E-state index contributed by atoms with van der Waals surface area (Å²) < 4.78 is 5.55. The monoisotopic (exact) mass is 340 g/mol. The molecule has 3 aliphatic rings. The molecule has 0 aromatic heterocycles. The number of piperidine rings is 1. The number of carbonyl (C=O) groups excluding carboxylic acids is 1. The maximum atomic E-state index is 12.6. The van der Waals surface area contributed by atoms with Gasteiger partial charge in [-0.05, 0) is 61.1 Å². The summed E-state index contributed by atoms with van der Waals surface area (Å²) in [5.74, 6) is 1.02. The van der Waals surface area contributed by atoms with Crippen LogP contribution in [0.5, 0.6) is 5.75 Å². The van der Waals surface area contributed by atoms with E-state index in [4.69, 9.17) is 4.74 Å². The molecule has 1 fully saturated rings. The van der Waals surface area contributed by atoms with Gasteiger partial charge in [0.1, 0.15) is 5.75 Å². The molecule has 1 atom stereocenters. The minimum atomic E-state index is 0.109. The molecular weight excluding hydrogens is 312 g/mol. The van der Waals surface area contributed by atoms with Gasteiger partial charge in [-0.1, -0.05) is 24.3 Å². The molecule has 1 aromatic carbocycles. The van der Waals surface area contributed by atoms with E-state index in [1.807, 2.05) is 4.90 Å². The second kappa shape index (κ2) is 7.11. The Morgan fingerprint density at radius 3 is 3.12 bits per heavy atom. The Hall–Kier alpha value is -1.97. The van der Waals surface area contributed by atoms with E-state index in [-0.39, 0.29) is 6.03 Å². The molecule has 1 spiro atoms. The third-order valence-electron chi connectivity index (χ3n) is 5.95. The molecule has 0 radical (unpaired) electrons. The van der Waals surface area contributed by atoms with Crippen LogP contribution in [0.2, 0.25) is 0 Å². The van der Waals surface area contributed by atoms with Crippen LogP contribution in [0.4, 0.5) is 4.79 Å². The summed E-state index contributed by atoms with van der Waals surface area (Å²) in [7, 11) is 0. The fourth-order valence-corrected chi connectivity index (χ4v) is 4.52. The number of allylic oxidation sites excluding steroid dienone is 2. The van der Waals surface area contributed by atoms with Crippen molar-refractivity contribution < 1.29 is 9.53 Å². The lowest BCUT2D eigenvalue weighted by Crippen LogP contribution is -2.50. The molecule has 4 heteroatoms. The van der Waals surface area contributed by atoms with Gasteiger partial charge in [-0.25, -0.2) is 4.79 Å². The van der Waals surface area contributed by atoms with Gasteiger partial charge in [-0.2, -0.15) is 0 Å². The fourth-order valence-electron chi connectivity index (χ4n) is 4.52. The SMILES string of the molecule is O=C(NCCc1ccc2c(c1)CCO2)N1CCCC2(CC=CCC2)C1. The number of amides is 2. The maximum Gasteiger partial charge on any atom is 0.317 e. The van der Waals surface area contributed by atoms with Crippen LogP contribution in [0, 0.1) is 5.41 Å². The average molecular weight is 340 g/mol. The van der Waals surface area contributed by atoms with Crippen LogP contribution in [-0.2, 0) is 12.8 Å². The van der Waals surface area contributed by atoms with E-state index in [0.717, 1.165) is 57.6 Å². The second-order valence-electron chi connectivity index (χ2n) is 7.76. The lowest BCUT2D eigenvalue weighted by atomic mass is 9.71. The van der Waals surface area contributed by atoms with Gasteiger partial charge >= 0.3 is 6.03 Å². The first-order valence-electron chi connectivity index (χ1n) is 9.67. The van der Waals surface area contributed by atoms with Crippen LogP contribution in [0.15, 0.2) is 30.4 Å². The van der Waals surface area contributed by atoms with Crippen LogP contribution >= 0.6 is 0 Å². The highest BCUT2D eigenvalue weighted by Crippen LogP contribution is 2.40. The molecule has 1 aromatic rings. The molecule has 1 aliphatic carbocycles. The number of ether oxygens (including phenoxy) is 1. The zero-order valence-electron chi connectivity index (χ0n) is 14.9. The zero-order chi connectivity index (χ0) is 17.1. The molecule has 1 unspecified atom stereocenters. The number of nitrogens with one attached hydrogen (secondary N) is 1. The number of nitrogens with zero attached hydrogens (tertiary/aromatic N) is 1. The van der Waals surface area contributed by atoms with Crippen molar-refractivity contribution in [2.75, 3.05) is 26.2 Å².